The van der Waals surface area contributed by atoms with Gasteiger partial charge in [0.25, 0.3) is 0 Å². The molecule has 0 unspecified atom stereocenters. The summed E-state index contributed by atoms with van der Waals surface area (Å²) in [5, 5.41) is 10.0. The minimum absolute atomic E-state index is 0.469. The van der Waals surface area contributed by atoms with Gasteiger partial charge in [0.15, 0.2) is 0 Å². The molecule has 1 aromatic carbocycles. The minimum Gasteiger partial charge on any atom is -0.312 e. The van der Waals surface area contributed by atoms with Gasteiger partial charge >= 0.3 is 0 Å². The van der Waals surface area contributed by atoms with E-state index in [1.54, 1.807) is 6.20 Å². The van der Waals surface area contributed by atoms with Crippen LogP contribution in [0.1, 0.15) is 19.4 Å². The van der Waals surface area contributed by atoms with E-state index in [2.05, 4.69) is 29.4 Å². The monoisotopic (exact) mass is 265 g/mol. The van der Waals surface area contributed by atoms with E-state index >= 15 is 0 Å². The number of nitrogens with one attached hydrogen (secondary N) is 2. The number of rotatable bonds is 5. The van der Waals surface area contributed by atoms with Crippen molar-refractivity contribution in [3.8, 4) is 11.3 Å². The maximum atomic E-state index is 13.2. The van der Waals surface area contributed by atoms with Crippen molar-refractivity contribution in [3.05, 3.63) is 41.6 Å². The first-order valence-electron chi connectivity index (χ1n) is 6.25. The number of aromatic nitrogens is 2. The molecule has 0 amide bonds. The second kappa shape index (κ2) is 5.93. The molecule has 102 valence electrons. The van der Waals surface area contributed by atoms with Crippen molar-refractivity contribution < 1.29 is 8.78 Å². The van der Waals surface area contributed by atoms with Gasteiger partial charge in [-0.3, -0.25) is 5.10 Å². The molecule has 0 radical (unpaired) electrons. The second-order valence-electron chi connectivity index (χ2n) is 4.95. The van der Waals surface area contributed by atoms with Crippen LogP contribution >= 0.6 is 0 Å². The van der Waals surface area contributed by atoms with Crippen LogP contribution in [0.25, 0.3) is 11.3 Å². The van der Waals surface area contributed by atoms with Gasteiger partial charge in [0.2, 0.25) is 0 Å². The highest BCUT2D eigenvalue weighted by molar-refractivity contribution is 5.62. The van der Waals surface area contributed by atoms with Gasteiger partial charge in [-0.15, -0.1) is 0 Å². The Kier molecular flexibility index (Phi) is 4.27. The molecule has 0 saturated carbocycles. The van der Waals surface area contributed by atoms with E-state index in [1.807, 2.05) is 0 Å². The lowest BCUT2D eigenvalue weighted by atomic mass is 10.1. The zero-order valence-corrected chi connectivity index (χ0v) is 11.0. The van der Waals surface area contributed by atoms with E-state index in [0.717, 1.165) is 18.2 Å². The Morgan fingerprint density at radius 3 is 2.53 bits per heavy atom. The summed E-state index contributed by atoms with van der Waals surface area (Å²) >= 11 is 0. The molecule has 19 heavy (non-hydrogen) atoms. The Labute approximate surface area is 111 Å². The van der Waals surface area contributed by atoms with Crippen molar-refractivity contribution in [2.45, 2.75) is 20.4 Å². The molecule has 0 saturated heterocycles. The number of hydrogen-bond acceptors (Lipinski definition) is 2. The largest absolute Gasteiger partial charge is 0.312 e. The Morgan fingerprint density at radius 1 is 1.21 bits per heavy atom. The smallest absolute Gasteiger partial charge is 0.126 e. The molecule has 5 heteroatoms. The zero-order chi connectivity index (χ0) is 13.8. The van der Waals surface area contributed by atoms with Crippen molar-refractivity contribution in [3.63, 3.8) is 0 Å². The Morgan fingerprint density at radius 2 is 1.89 bits per heavy atom. The van der Waals surface area contributed by atoms with Crippen LogP contribution < -0.4 is 5.32 Å². The second-order valence-corrected chi connectivity index (χ2v) is 4.95. The molecule has 0 aliphatic heterocycles. The Bertz CT molecular complexity index is 529. The first kappa shape index (κ1) is 13.7. The van der Waals surface area contributed by atoms with E-state index in [1.165, 1.54) is 12.1 Å². The predicted molar refractivity (Wildman–Crippen MR) is 70.5 cm³/mol. The van der Waals surface area contributed by atoms with E-state index in [4.69, 9.17) is 0 Å². The van der Waals surface area contributed by atoms with Crippen LogP contribution in [0.15, 0.2) is 24.4 Å². The molecule has 2 N–H and O–H groups in total. The molecular weight excluding hydrogens is 248 g/mol. The predicted octanol–water partition coefficient (Wildman–Crippen LogP) is 3.10. The molecule has 2 rings (SSSR count). The van der Waals surface area contributed by atoms with E-state index < -0.39 is 11.6 Å². The molecular formula is C14H17F2N3. The summed E-state index contributed by atoms with van der Waals surface area (Å²) in [6.45, 7) is 5.72. The zero-order valence-electron chi connectivity index (χ0n) is 11.0. The fraction of sp³-hybridized carbons (Fsp3) is 0.357. The lowest BCUT2D eigenvalue weighted by molar-refractivity contribution is 0.552. The molecule has 0 spiro atoms. The van der Waals surface area contributed by atoms with E-state index in [9.17, 15) is 8.78 Å². The minimum atomic E-state index is -0.592. The summed E-state index contributed by atoms with van der Waals surface area (Å²) in [6.07, 6.45) is 1.67. The van der Waals surface area contributed by atoms with Crippen LogP contribution in [-0.2, 0) is 6.54 Å². The Balaban J connectivity index is 2.18. The summed E-state index contributed by atoms with van der Waals surface area (Å²) in [5.41, 5.74) is 2.01. The van der Waals surface area contributed by atoms with Crippen molar-refractivity contribution in [1.82, 2.24) is 15.5 Å². The van der Waals surface area contributed by atoms with Gasteiger partial charge in [-0.05, 0) is 24.6 Å². The number of halogens is 2. The summed E-state index contributed by atoms with van der Waals surface area (Å²) in [5.74, 6) is -0.640. The summed E-state index contributed by atoms with van der Waals surface area (Å²) in [7, 11) is 0. The Hall–Kier alpha value is -1.75. The maximum Gasteiger partial charge on any atom is 0.126 e. The lowest BCUT2D eigenvalue weighted by Crippen LogP contribution is -2.19. The van der Waals surface area contributed by atoms with Crippen LogP contribution in [0.5, 0.6) is 0 Å². The molecule has 0 aliphatic carbocycles. The van der Waals surface area contributed by atoms with Crippen LogP contribution in [0.4, 0.5) is 8.78 Å². The van der Waals surface area contributed by atoms with Gasteiger partial charge in [-0.25, -0.2) is 8.78 Å². The number of aromatic amines is 1. The molecule has 1 aromatic heterocycles. The third-order valence-electron chi connectivity index (χ3n) is 2.74. The average molecular weight is 265 g/mol. The average Bonchev–Trinajstić information content (AvgIpc) is 2.75. The fourth-order valence-electron chi connectivity index (χ4n) is 1.89. The van der Waals surface area contributed by atoms with Crippen LogP contribution in [0.2, 0.25) is 0 Å². The van der Waals surface area contributed by atoms with Crippen molar-refractivity contribution in [2.75, 3.05) is 6.54 Å². The van der Waals surface area contributed by atoms with Crippen LogP contribution in [-0.4, -0.2) is 16.7 Å². The van der Waals surface area contributed by atoms with E-state index in [0.29, 0.717) is 23.7 Å². The highest BCUT2D eigenvalue weighted by atomic mass is 19.1. The molecule has 3 nitrogen and oxygen atoms in total. The van der Waals surface area contributed by atoms with Gasteiger partial charge in [-0.2, -0.15) is 5.10 Å². The van der Waals surface area contributed by atoms with Crippen molar-refractivity contribution in [2.24, 2.45) is 5.92 Å². The normalized spacial score (nSPS) is 11.2. The summed E-state index contributed by atoms with van der Waals surface area (Å²) in [6, 6.07) is 3.45. The van der Waals surface area contributed by atoms with Gasteiger partial charge in [-0.1, -0.05) is 13.8 Å². The lowest BCUT2D eigenvalue weighted by Gasteiger charge is -2.08. The summed E-state index contributed by atoms with van der Waals surface area (Å²) < 4.78 is 26.4. The molecule has 1 heterocycles. The van der Waals surface area contributed by atoms with Gasteiger partial charge in [0.1, 0.15) is 11.6 Å². The molecule has 0 fully saturated rings. The molecule has 0 aliphatic rings. The SMILES string of the molecule is CC(C)CNCc1cn[nH]c1-c1cc(F)cc(F)c1. The van der Waals surface area contributed by atoms with Crippen LogP contribution in [0.3, 0.4) is 0 Å². The highest BCUT2D eigenvalue weighted by Gasteiger charge is 2.10. The van der Waals surface area contributed by atoms with Gasteiger partial charge in [0, 0.05) is 23.7 Å². The third kappa shape index (κ3) is 3.61. The molecule has 2 aromatic rings. The highest BCUT2D eigenvalue weighted by Crippen LogP contribution is 2.23. The first-order chi connectivity index (χ1) is 9.06. The number of benzene rings is 1. The van der Waals surface area contributed by atoms with Crippen molar-refractivity contribution in [1.29, 1.82) is 0 Å². The number of H-pyrrole nitrogens is 1. The topological polar surface area (TPSA) is 40.7 Å². The molecule has 0 atom stereocenters. The standard InChI is InChI=1S/C14H17F2N3/c1-9(2)6-17-7-11-8-18-19-14(11)10-3-12(15)5-13(16)4-10/h3-5,8-9,17H,6-7H2,1-2H3,(H,18,19). The molecule has 0 bridgehead atoms. The number of hydrogen-bond donors (Lipinski definition) is 2. The van der Waals surface area contributed by atoms with Crippen molar-refractivity contribution >= 4 is 0 Å². The maximum absolute atomic E-state index is 13.2. The third-order valence-corrected chi connectivity index (χ3v) is 2.74. The summed E-state index contributed by atoms with van der Waals surface area (Å²) in [4.78, 5) is 0. The number of nitrogens with zero attached hydrogens (tertiary/aromatic N) is 1. The van der Waals surface area contributed by atoms with E-state index in [-0.39, 0.29) is 0 Å². The quantitative estimate of drug-likeness (QED) is 0.872. The van der Waals surface area contributed by atoms with Gasteiger partial charge < -0.3 is 5.32 Å². The van der Waals surface area contributed by atoms with Crippen LogP contribution in [0, 0.1) is 17.6 Å². The fourth-order valence-corrected chi connectivity index (χ4v) is 1.89. The van der Waals surface area contributed by atoms with Gasteiger partial charge in [0.05, 0.1) is 11.9 Å². The first-order valence-corrected chi connectivity index (χ1v) is 6.25.